The van der Waals surface area contributed by atoms with Gasteiger partial charge in [-0.2, -0.15) is 0 Å². The van der Waals surface area contributed by atoms with E-state index in [2.05, 4.69) is 15.2 Å². The molecule has 1 aromatic carbocycles. The van der Waals surface area contributed by atoms with Crippen LogP contribution in [0.2, 0.25) is 0 Å². The smallest absolute Gasteiger partial charge is 0.251 e. The van der Waals surface area contributed by atoms with Gasteiger partial charge in [-0.1, -0.05) is 12.1 Å². The minimum Gasteiger partial charge on any atom is -0.370 e. The van der Waals surface area contributed by atoms with Crippen molar-refractivity contribution in [2.45, 2.75) is 25.7 Å². The number of hydrogen-bond donors (Lipinski definition) is 2. The summed E-state index contributed by atoms with van der Waals surface area (Å²) in [5.41, 5.74) is 7.81. The third-order valence-corrected chi connectivity index (χ3v) is 3.77. The van der Waals surface area contributed by atoms with Gasteiger partial charge in [0.25, 0.3) is 5.91 Å². The molecule has 1 amide bonds. The lowest BCUT2D eigenvalue weighted by Crippen LogP contribution is -2.41. The lowest BCUT2D eigenvalue weighted by molar-refractivity contribution is 0.0963. The molecule has 1 aliphatic rings. The highest BCUT2D eigenvalue weighted by Crippen LogP contribution is 2.09. The maximum absolute atomic E-state index is 11.6. The van der Waals surface area contributed by atoms with Gasteiger partial charge in [0.1, 0.15) is 0 Å². The third kappa shape index (κ3) is 4.48. The zero-order valence-corrected chi connectivity index (χ0v) is 12.6. The Morgan fingerprint density at radius 1 is 1.33 bits per heavy atom. The van der Waals surface area contributed by atoms with Gasteiger partial charge in [0.05, 0.1) is 0 Å². The Morgan fingerprint density at radius 3 is 2.81 bits per heavy atom. The van der Waals surface area contributed by atoms with Crippen molar-refractivity contribution in [2.24, 2.45) is 10.7 Å². The van der Waals surface area contributed by atoms with Gasteiger partial charge in [0, 0.05) is 32.2 Å². The maximum Gasteiger partial charge on any atom is 0.251 e. The standard InChI is InChI=1S/C16H24N4O/c1-18-15(21)14-7-5-6-13(12-14)8-9-19-16(17)20-10-3-2-4-11-20/h5-7,12H,2-4,8-11H2,1H3,(H2,17,19)(H,18,21). The van der Waals surface area contributed by atoms with Gasteiger partial charge in [-0.15, -0.1) is 0 Å². The highest BCUT2D eigenvalue weighted by atomic mass is 16.1. The van der Waals surface area contributed by atoms with Gasteiger partial charge in [-0.05, 0) is 43.4 Å². The number of nitrogens with one attached hydrogen (secondary N) is 1. The number of amides is 1. The first kappa shape index (κ1) is 15.4. The van der Waals surface area contributed by atoms with Crippen LogP contribution in [0.4, 0.5) is 0 Å². The largest absolute Gasteiger partial charge is 0.370 e. The van der Waals surface area contributed by atoms with Crippen molar-refractivity contribution in [3.05, 3.63) is 35.4 Å². The summed E-state index contributed by atoms with van der Waals surface area (Å²) < 4.78 is 0. The van der Waals surface area contributed by atoms with E-state index in [-0.39, 0.29) is 5.91 Å². The molecule has 0 unspecified atom stereocenters. The lowest BCUT2D eigenvalue weighted by atomic mass is 10.1. The molecule has 0 aliphatic carbocycles. The molecule has 0 atom stereocenters. The molecule has 0 spiro atoms. The molecule has 0 saturated carbocycles. The van der Waals surface area contributed by atoms with Crippen molar-refractivity contribution in [1.82, 2.24) is 10.2 Å². The molecule has 2 rings (SSSR count). The Bertz CT molecular complexity index is 507. The number of likely N-dealkylation sites (tertiary alicyclic amines) is 1. The Morgan fingerprint density at radius 2 is 2.10 bits per heavy atom. The van der Waals surface area contributed by atoms with Crippen molar-refractivity contribution in [2.75, 3.05) is 26.7 Å². The van der Waals surface area contributed by atoms with E-state index in [0.717, 1.165) is 25.1 Å². The Balaban J connectivity index is 1.89. The molecule has 1 saturated heterocycles. The Kier molecular flexibility index (Phi) is 5.60. The molecule has 0 aromatic heterocycles. The van der Waals surface area contributed by atoms with Crippen LogP contribution in [0, 0.1) is 0 Å². The van der Waals surface area contributed by atoms with Crippen LogP contribution in [0.1, 0.15) is 35.2 Å². The van der Waals surface area contributed by atoms with Crippen molar-refractivity contribution in [1.29, 1.82) is 0 Å². The molecular formula is C16H24N4O. The summed E-state index contributed by atoms with van der Waals surface area (Å²) in [5, 5.41) is 2.63. The first-order valence-electron chi connectivity index (χ1n) is 7.56. The minimum absolute atomic E-state index is 0.0619. The number of piperidine rings is 1. The predicted molar refractivity (Wildman–Crippen MR) is 85.4 cm³/mol. The van der Waals surface area contributed by atoms with Crippen LogP contribution in [-0.2, 0) is 6.42 Å². The highest BCUT2D eigenvalue weighted by molar-refractivity contribution is 5.94. The van der Waals surface area contributed by atoms with E-state index in [1.54, 1.807) is 7.05 Å². The molecule has 0 bridgehead atoms. The number of aliphatic imine (C=N–C) groups is 1. The van der Waals surface area contributed by atoms with Crippen LogP contribution in [0.5, 0.6) is 0 Å². The van der Waals surface area contributed by atoms with E-state index >= 15 is 0 Å². The normalized spacial score (nSPS) is 15.9. The zero-order valence-electron chi connectivity index (χ0n) is 12.6. The number of hydrogen-bond acceptors (Lipinski definition) is 2. The van der Waals surface area contributed by atoms with E-state index in [1.807, 2.05) is 24.3 Å². The summed E-state index contributed by atoms with van der Waals surface area (Å²) in [7, 11) is 1.64. The zero-order chi connectivity index (χ0) is 15.1. The average molecular weight is 288 g/mol. The Labute approximate surface area is 126 Å². The third-order valence-electron chi connectivity index (χ3n) is 3.77. The van der Waals surface area contributed by atoms with E-state index < -0.39 is 0 Å². The topological polar surface area (TPSA) is 70.7 Å². The van der Waals surface area contributed by atoms with Crippen molar-refractivity contribution >= 4 is 11.9 Å². The number of benzene rings is 1. The van der Waals surface area contributed by atoms with Crippen molar-refractivity contribution < 1.29 is 4.79 Å². The fourth-order valence-electron chi connectivity index (χ4n) is 2.53. The molecule has 1 aromatic rings. The van der Waals surface area contributed by atoms with Crippen LogP contribution in [0.25, 0.3) is 0 Å². The second-order valence-electron chi connectivity index (χ2n) is 5.32. The number of carbonyl (C=O) groups is 1. The summed E-state index contributed by atoms with van der Waals surface area (Å²) in [6, 6.07) is 7.63. The molecule has 5 nitrogen and oxygen atoms in total. The van der Waals surface area contributed by atoms with E-state index in [1.165, 1.54) is 19.3 Å². The van der Waals surface area contributed by atoms with Gasteiger partial charge < -0.3 is 16.0 Å². The van der Waals surface area contributed by atoms with Crippen molar-refractivity contribution in [3.8, 4) is 0 Å². The van der Waals surface area contributed by atoms with Gasteiger partial charge in [0.15, 0.2) is 5.96 Å². The molecule has 21 heavy (non-hydrogen) atoms. The summed E-state index contributed by atoms with van der Waals surface area (Å²) in [5.74, 6) is 0.588. The summed E-state index contributed by atoms with van der Waals surface area (Å²) in [6.07, 6.45) is 4.48. The molecule has 1 aliphatic heterocycles. The maximum atomic E-state index is 11.6. The molecule has 114 valence electrons. The Hall–Kier alpha value is -2.04. The van der Waals surface area contributed by atoms with Crippen LogP contribution < -0.4 is 11.1 Å². The summed E-state index contributed by atoms with van der Waals surface area (Å²) in [6.45, 7) is 2.68. The van der Waals surface area contributed by atoms with Crippen molar-refractivity contribution in [3.63, 3.8) is 0 Å². The number of rotatable bonds is 4. The quantitative estimate of drug-likeness (QED) is 0.649. The summed E-state index contributed by atoms with van der Waals surface area (Å²) >= 11 is 0. The minimum atomic E-state index is -0.0619. The molecule has 1 fully saturated rings. The lowest BCUT2D eigenvalue weighted by Gasteiger charge is -2.27. The van der Waals surface area contributed by atoms with Crippen LogP contribution in [-0.4, -0.2) is 43.4 Å². The van der Waals surface area contributed by atoms with Gasteiger partial charge in [0.2, 0.25) is 0 Å². The number of guanidine groups is 1. The van der Waals surface area contributed by atoms with E-state index in [4.69, 9.17) is 5.73 Å². The van der Waals surface area contributed by atoms with E-state index in [0.29, 0.717) is 18.1 Å². The molecule has 1 heterocycles. The van der Waals surface area contributed by atoms with Crippen LogP contribution in [0.15, 0.2) is 29.3 Å². The number of carbonyl (C=O) groups excluding carboxylic acids is 1. The monoisotopic (exact) mass is 288 g/mol. The summed E-state index contributed by atoms with van der Waals surface area (Å²) in [4.78, 5) is 18.2. The first-order valence-corrected chi connectivity index (χ1v) is 7.56. The van der Waals surface area contributed by atoms with E-state index in [9.17, 15) is 4.79 Å². The predicted octanol–water partition coefficient (Wildman–Crippen LogP) is 1.39. The fraction of sp³-hybridized carbons (Fsp3) is 0.500. The highest BCUT2D eigenvalue weighted by Gasteiger charge is 2.11. The SMILES string of the molecule is CNC(=O)c1cccc(CCN=C(N)N2CCCCC2)c1. The number of nitrogens with two attached hydrogens (primary N) is 1. The molecule has 5 heteroatoms. The second-order valence-corrected chi connectivity index (χ2v) is 5.32. The fourth-order valence-corrected chi connectivity index (χ4v) is 2.53. The van der Waals surface area contributed by atoms with Crippen LogP contribution in [0.3, 0.4) is 0 Å². The average Bonchev–Trinajstić information content (AvgIpc) is 2.55. The van der Waals surface area contributed by atoms with Gasteiger partial charge in [-0.25, -0.2) is 0 Å². The van der Waals surface area contributed by atoms with Crippen LogP contribution >= 0.6 is 0 Å². The first-order chi connectivity index (χ1) is 10.2. The number of nitrogens with zero attached hydrogens (tertiary/aromatic N) is 2. The second kappa shape index (κ2) is 7.67. The molecule has 3 N–H and O–H groups in total. The van der Waals surface area contributed by atoms with Gasteiger partial charge in [-0.3, -0.25) is 9.79 Å². The van der Waals surface area contributed by atoms with Gasteiger partial charge >= 0.3 is 0 Å². The molecule has 0 radical (unpaired) electrons. The molecular weight excluding hydrogens is 264 g/mol.